The minimum absolute atomic E-state index is 0.0832. The van der Waals surface area contributed by atoms with Crippen LogP contribution in [-0.2, 0) is 9.47 Å². The first kappa shape index (κ1) is 18.0. The van der Waals surface area contributed by atoms with E-state index in [0.29, 0.717) is 12.2 Å². The summed E-state index contributed by atoms with van der Waals surface area (Å²) in [5.74, 6) is 0. The van der Waals surface area contributed by atoms with E-state index in [-0.39, 0.29) is 6.29 Å². The molecule has 0 spiro atoms. The van der Waals surface area contributed by atoms with Crippen LogP contribution in [0, 0.1) is 0 Å². The number of ether oxygens (including phenoxy) is 2. The molecular formula is C18H36O2. The first-order chi connectivity index (χ1) is 9.81. The molecule has 120 valence electrons. The molecule has 0 aliphatic carbocycles. The van der Waals surface area contributed by atoms with E-state index in [4.69, 9.17) is 9.47 Å². The van der Waals surface area contributed by atoms with Gasteiger partial charge < -0.3 is 9.47 Å². The molecule has 1 heterocycles. The molecule has 1 aliphatic rings. The van der Waals surface area contributed by atoms with Gasteiger partial charge in [-0.05, 0) is 25.7 Å². The lowest BCUT2D eigenvalue weighted by Gasteiger charge is -2.16. The van der Waals surface area contributed by atoms with Gasteiger partial charge in [0.05, 0.1) is 12.2 Å². The van der Waals surface area contributed by atoms with E-state index in [1.54, 1.807) is 0 Å². The number of hydrogen-bond donors (Lipinski definition) is 0. The van der Waals surface area contributed by atoms with Crippen molar-refractivity contribution in [3.63, 3.8) is 0 Å². The predicted octanol–water partition coefficient (Wildman–Crippen LogP) is 5.84. The van der Waals surface area contributed by atoms with Crippen LogP contribution in [0.2, 0.25) is 0 Å². The Morgan fingerprint density at radius 2 is 0.950 bits per heavy atom. The fourth-order valence-electron chi connectivity index (χ4n) is 2.99. The second-order valence-electron chi connectivity index (χ2n) is 6.27. The normalized spacial score (nSPS) is 23.6. The van der Waals surface area contributed by atoms with Gasteiger partial charge in [0, 0.05) is 0 Å². The Morgan fingerprint density at radius 3 is 1.35 bits per heavy atom. The molecule has 0 bridgehead atoms. The van der Waals surface area contributed by atoms with E-state index in [0.717, 1.165) is 6.42 Å². The summed E-state index contributed by atoms with van der Waals surface area (Å²) in [5.41, 5.74) is 0. The van der Waals surface area contributed by atoms with E-state index >= 15 is 0 Å². The molecule has 2 atom stereocenters. The summed E-state index contributed by atoms with van der Waals surface area (Å²) in [6, 6.07) is 0. The summed E-state index contributed by atoms with van der Waals surface area (Å²) in [7, 11) is 0. The van der Waals surface area contributed by atoms with E-state index in [9.17, 15) is 0 Å². The summed E-state index contributed by atoms with van der Waals surface area (Å²) in [6.45, 7) is 6.77. The van der Waals surface area contributed by atoms with Gasteiger partial charge in [-0.15, -0.1) is 0 Å². The molecule has 1 fully saturated rings. The highest BCUT2D eigenvalue weighted by molar-refractivity contribution is 4.78. The highest BCUT2D eigenvalue weighted by atomic mass is 16.7. The standard InChI is InChI=1S/C18H36O2/c1-4-7-10-13-16-17(14-11-8-5-2)20-18(19-16)15-12-9-6-3/h16-18H,4-15H2,1-3H3/t16-,17-/m1/s1. The zero-order valence-corrected chi connectivity index (χ0v) is 14.0. The van der Waals surface area contributed by atoms with Crippen LogP contribution in [0.3, 0.4) is 0 Å². The average molecular weight is 284 g/mol. The molecule has 0 aromatic rings. The summed E-state index contributed by atoms with van der Waals surface area (Å²) < 4.78 is 12.4. The van der Waals surface area contributed by atoms with E-state index in [2.05, 4.69) is 20.8 Å². The van der Waals surface area contributed by atoms with Crippen molar-refractivity contribution >= 4 is 0 Å². The molecule has 1 aliphatic heterocycles. The molecule has 1 rings (SSSR count). The van der Waals surface area contributed by atoms with Crippen LogP contribution in [-0.4, -0.2) is 18.5 Å². The van der Waals surface area contributed by atoms with Crippen LogP contribution in [0.5, 0.6) is 0 Å². The minimum Gasteiger partial charge on any atom is -0.347 e. The number of rotatable bonds is 12. The van der Waals surface area contributed by atoms with Crippen LogP contribution in [0.1, 0.15) is 97.8 Å². The molecule has 0 unspecified atom stereocenters. The fraction of sp³-hybridized carbons (Fsp3) is 1.00. The Bertz CT molecular complexity index is 199. The van der Waals surface area contributed by atoms with Gasteiger partial charge in [-0.25, -0.2) is 0 Å². The van der Waals surface area contributed by atoms with Gasteiger partial charge in [-0.2, -0.15) is 0 Å². The topological polar surface area (TPSA) is 18.5 Å². The van der Waals surface area contributed by atoms with E-state index < -0.39 is 0 Å². The molecule has 1 saturated heterocycles. The Morgan fingerprint density at radius 1 is 0.550 bits per heavy atom. The second kappa shape index (κ2) is 11.6. The van der Waals surface area contributed by atoms with Crippen LogP contribution in [0.15, 0.2) is 0 Å². The quantitative estimate of drug-likeness (QED) is 0.419. The van der Waals surface area contributed by atoms with Gasteiger partial charge in [0.1, 0.15) is 0 Å². The van der Waals surface area contributed by atoms with Crippen molar-refractivity contribution in [2.24, 2.45) is 0 Å². The lowest BCUT2D eigenvalue weighted by molar-refractivity contribution is -0.0729. The van der Waals surface area contributed by atoms with Crippen molar-refractivity contribution in [3.8, 4) is 0 Å². The van der Waals surface area contributed by atoms with Crippen molar-refractivity contribution in [2.45, 2.75) is 116 Å². The lowest BCUT2D eigenvalue weighted by atomic mass is 10.0. The van der Waals surface area contributed by atoms with Gasteiger partial charge in [0.15, 0.2) is 6.29 Å². The molecular weight excluding hydrogens is 248 g/mol. The highest BCUT2D eigenvalue weighted by Crippen LogP contribution is 2.29. The Hall–Kier alpha value is -0.0800. The maximum Gasteiger partial charge on any atom is 0.158 e. The molecule has 0 aromatic carbocycles. The van der Waals surface area contributed by atoms with Gasteiger partial charge in [-0.3, -0.25) is 0 Å². The molecule has 0 N–H and O–H groups in total. The summed E-state index contributed by atoms with van der Waals surface area (Å²) in [6.07, 6.45) is 15.9. The number of hydrogen-bond acceptors (Lipinski definition) is 2. The van der Waals surface area contributed by atoms with E-state index in [1.807, 2.05) is 0 Å². The molecule has 2 heteroatoms. The Labute approximate surface area is 126 Å². The van der Waals surface area contributed by atoms with Crippen molar-refractivity contribution < 1.29 is 9.47 Å². The molecule has 20 heavy (non-hydrogen) atoms. The molecule has 2 nitrogen and oxygen atoms in total. The van der Waals surface area contributed by atoms with Gasteiger partial charge >= 0.3 is 0 Å². The van der Waals surface area contributed by atoms with Crippen LogP contribution in [0.25, 0.3) is 0 Å². The van der Waals surface area contributed by atoms with Gasteiger partial charge in [-0.1, -0.05) is 72.1 Å². The first-order valence-corrected chi connectivity index (χ1v) is 9.12. The van der Waals surface area contributed by atoms with Gasteiger partial charge in [0.25, 0.3) is 0 Å². The molecule has 0 amide bonds. The van der Waals surface area contributed by atoms with E-state index in [1.165, 1.54) is 70.6 Å². The van der Waals surface area contributed by atoms with Crippen molar-refractivity contribution in [1.29, 1.82) is 0 Å². The SMILES string of the molecule is CCCCCC1O[C@H](CCCCC)[C@@H](CCCCC)O1. The first-order valence-electron chi connectivity index (χ1n) is 9.12. The Kier molecular flexibility index (Phi) is 10.4. The van der Waals surface area contributed by atoms with Crippen molar-refractivity contribution in [1.82, 2.24) is 0 Å². The largest absolute Gasteiger partial charge is 0.347 e. The number of unbranched alkanes of at least 4 members (excludes halogenated alkanes) is 6. The fourth-order valence-corrected chi connectivity index (χ4v) is 2.99. The minimum atomic E-state index is 0.0832. The maximum atomic E-state index is 6.18. The lowest BCUT2D eigenvalue weighted by Crippen LogP contribution is -2.22. The predicted molar refractivity (Wildman–Crippen MR) is 86.0 cm³/mol. The third-order valence-electron chi connectivity index (χ3n) is 4.30. The average Bonchev–Trinajstić information content (AvgIpc) is 2.82. The highest BCUT2D eigenvalue weighted by Gasteiger charge is 2.34. The molecule has 0 aromatic heterocycles. The zero-order chi connectivity index (χ0) is 14.6. The van der Waals surface area contributed by atoms with Crippen LogP contribution < -0.4 is 0 Å². The molecule has 0 saturated carbocycles. The smallest absolute Gasteiger partial charge is 0.158 e. The molecule has 0 radical (unpaired) electrons. The van der Waals surface area contributed by atoms with Crippen molar-refractivity contribution in [3.05, 3.63) is 0 Å². The zero-order valence-electron chi connectivity index (χ0n) is 14.0. The second-order valence-corrected chi connectivity index (χ2v) is 6.27. The Balaban J connectivity index is 2.31. The maximum absolute atomic E-state index is 6.18. The van der Waals surface area contributed by atoms with Crippen molar-refractivity contribution in [2.75, 3.05) is 0 Å². The van der Waals surface area contributed by atoms with Crippen LogP contribution >= 0.6 is 0 Å². The van der Waals surface area contributed by atoms with Gasteiger partial charge in [0.2, 0.25) is 0 Å². The monoisotopic (exact) mass is 284 g/mol. The summed E-state index contributed by atoms with van der Waals surface area (Å²) >= 11 is 0. The van der Waals surface area contributed by atoms with Crippen LogP contribution in [0.4, 0.5) is 0 Å². The third kappa shape index (κ3) is 7.08. The summed E-state index contributed by atoms with van der Waals surface area (Å²) in [4.78, 5) is 0. The third-order valence-corrected chi connectivity index (χ3v) is 4.30. The summed E-state index contributed by atoms with van der Waals surface area (Å²) in [5, 5.41) is 0.